The zero-order valence-electron chi connectivity index (χ0n) is 9.74. The van der Waals surface area contributed by atoms with E-state index in [1.807, 2.05) is 29.2 Å². The van der Waals surface area contributed by atoms with E-state index in [0.29, 0.717) is 0 Å². The van der Waals surface area contributed by atoms with Gasteiger partial charge in [-0.2, -0.15) is 0 Å². The third-order valence-electron chi connectivity index (χ3n) is 2.46. The number of hydrogen-bond acceptors (Lipinski definition) is 3. The summed E-state index contributed by atoms with van der Waals surface area (Å²) in [4.78, 5) is 8.32. The van der Waals surface area contributed by atoms with Gasteiger partial charge >= 0.3 is 0 Å². The highest BCUT2D eigenvalue weighted by atomic mass is 32.2. The molecule has 0 bridgehead atoms. The highest BCUT2D eigenvalue weighted by molar-refractivity contribution is 7.90. The quantitative estimate of drug-likeness (QED) is 0.758. The predicted octanol–water partition coefficient (Wildman–Crippen LogP) is 1.71. The van der Waals surface area contributed by atoms with E-state index in [9.17, 15) is 4.55 Å². The van der Waals surface area contributed by atoms with Crippen LogP contribution in [0, 0.1) is 0 Å². The van der Waals surface area contributed by atoms with E-state index in [2.05, 4.69) is 9.97 Å². The number of rotatable bonds is 5. The van der Waals surface area contributed by atoms with Crippen molar-refractivity contribution in [2.75, 3.05) is 12.0 Å². The first kappa shape index (κ1) is 12.1. The lowest BCUT2D eigenvalue weighted by Crippen LogP contribution is -2.06. The van der Waals surface area contributed by atoms with Crippen molar-refractivity contribution in [2.45, 2.75) is 13.0 Å². The van der Waals surface area contributed by atoms with Gasteiger partial charge in [-0.05, 0) is 12.1 Å². The first-order valence-electron chi connectivity index (χ1n) is 5.48. The van der Waals surface area contributed by atoms with Crippen LogP contribution in [0.25, 0.3) is 11.3 Å². The van der Waals surface area contributed by atoms with Gasteiger partial charge in [0.15, 0.2) is 0 Å². The molecule has 4 nitrogen and oxygen atoms in total. The lowest BCUT2D eigenvalue weighted by Gasteiger charge is -2.04. The minimum Gasteiger partial charge on any atom is -0.617 e. The van der Waals surface area contributed by atoms with E-state index < -0.39 is 11.2 Å². The van der Waals surface area contributed by atoms with Crippen LogP contribution in [-0.4, -0.2) is 31.1 Å². The van der Waals surface area contributed by atoms with Gasteiger partial charge in [-0.1, -0.05) is 11.2 Å². The molecule has 90 valence electrons. The van der Waals surface area contributed by atoms with Crippen LogP contribution in [0.4, 0.5) is 0 Å². The zero-order chi connectivity index (χ0) is 12.1. The Morgan fingerprint density at radius 3 is 2.82 bits per heavy atom. The summed E-state index contributed by atoms with van der Waals surface area (Å²) < 4.78 is 13.0. The molecule has 0 aliphatic rings. The molecule has 0 spiro atoms. The van der Waals surface area contributed by atoms with Crippen LogP contribution in [0.5, 0.6) is 0 Å². The largest absolute Gasteiger partial charge is 0.617 e. The van der Waals surface area contributed by atoms with Crippen LogP contribution >= 0.6 is 0 Å². The molecular weight excluding hydrogens is 234 g/mol. The molecule has 2 rings (SSSR count). The highest BCUT2D eigenvalue weighted by Gasteiger charge is 2.02. The lowest BCUT2D eigenvalue weighted by molar-refractivity contribution is 0.591. The van der Waals surface area contributed by atoms with Crippen molar-refractivity contribution in [3.63, 3.8) is 0 Å². The van der Waals surface area contributed by atoms with Gasteiger partial charge in [-0.15, -0.1) is 0 Å². The molecule has 5 heteroatoms. The fraction of sp³-hybridized carbons (Fsp3) is 0.333. The fourth-order valence-electron chi connectivity index (χ4n) is 1.60. The number of aromatic nitrogens is 3. The average molecular weight is 249 g/mol. The van der Waals surface area contributed by atoms with Crippen LogP contribution in [0.1, 0.15) is 6.42 Å². The van der Waals surface area contributed by atoms with Crippen LogP contribution in [0.3, 0.4) is 0 Å². The first-order chi connectivity index (χ1) is 8.25. The molecule has 0 saturated carbocycles. The second-order valence-electron chi connectivity index (χ2n) is 3.86. The normalized spacial score (nSPS) is 12.6. The van der Waals surface area contributed by atoms with Gasteiger partial charge in [0, 0.05) is 37.1 Å². The minimum atomic E-state index is -0.710. The fourth-order valence-corrected chi connectivity index (χ4v) is 2.14. The van der Waals surface area contributed by atoms with E-state index >= 15 is 0 Å². The van der Waals surface area contributed by atoms with Crippen LogP contribution in [-0.2, 0) is 17.7 Å². The number of hydrogen-bond donors (Lipinski definition) is 0. The minimum absolute atomic E-state index is 0.710. The molecule has 0 aliphatic carbocycles. The molecule has 2 aromatic heterocycles. The Labute approximate surface area is 104 Å². The van der Waals surface area contributed by atoms with Crippen molar-refractivity contribution in [1.29, 1.82) is 0 Å². The van der Waals surface area contributed by atoms with Gasteiger partial charge < -0.3 is 9.12 Å². The number of imidazole rings is 1. The monoisotopic (exact) mass is 249 g/mol. The second-order valence-corrected chi connectivity index (χ2v) is 5.42. The summed E-state index contributed by atoms with van der Waals surface area (Å²) in [6, 6.07) is 3.88. The summed E-state index contributed by atoms with van der Waals surface area (Å²) in [6.07, 6.45) is 9.98. The first-order valence-corrected chi connectivity index (χ1v) is 7.20. The maximum atomic E-state index is 10.9. The predicted molar refractivity (Wildman–Crippen MR) is 69.0 cm³/mol. The molecule has 2 aromatic rings. The molecule has 0 N–H and O–H groups in total. The molecule has 1 atom stereocenters. The number of aryl methyl sites for hydroxylation is 1. The maximum absolute atomic E-state index is 10.9. The Balaban J connectivity index is 1.97. The van der Waals surface area contributed by atoms with E-state index in [4.69, 9.17) is 0 Å². The Bertz CT molecular complexity index is 456. The number of nitrogens with zero attached hydrogens (tertiary/aromatic N) is 3. The van der Waals surface area contributed by atoms with Gasteiger partial charge in [0.05, 0.1) is 18.3 Å². The molecule has 0 radical (unpaired) electrons. The lowest BCUT2D eigenvalue weighted by atomic mass is 10.2. The highest BCUT2D eigenvalue weighted by Crippen LogP contribution is 2.15. The Morgan fingerprint density at radius 2 is 2.12 bits per heavy atom. The van der Waals surface area contributed by atoms with Crippen molar-refractivity contribution < 1.29 is 4.55 Å². The van der Waals surface area contributed by atoms with Crippen molar-refractivity contribution in [1.82, 2.24) is 14.5 Å². The smallest absolute Gasteiger partial charge is 0.107 e. The van der Waals surface area contributed by atoms with Gasteiger partial charge in [0.1, 0.15) is 5.75 Å². The molecule has 2 heterocycles. The summed E-state index contributed by atoms with van der Waals surface area (Å²) in [7, 11) is 0. The molecule has 0 aromatic carbocycles. The molecule has 0 amide bonds. The molecule has 0 aliphatic heterocycles. The average Bonchev–Trinajstić information content (AvgIpc) is 2.78. The topological polar surface area (TPSA) is 53.8 Å². The Kier molecular flexibility index (Phi) is 4.17. The second kappa shape index (κ2) is 5.84. The van der Waals surface area contributed by atoms with Gasteiger partial charge in [0.25, 0.3) is 0 Å². The zero-order valence-corrected chi connectivity index (χ0v) is 10.6. The SMILES string of the molecule is C[S+]([O-])CCCn1cnc(-c2ccncc2)c1. The third kappa shape index (κ3) is 3.57. The van der Waals surface area contributed by atoms with Crippen molar-refractivity contribution in [3.05, 3.63) is 37.1 Å². The van der Waals surface area contributed by atoms with Crippen molar-refractivity contribution in [3.8, 4) is 11.3 Å². The maximum Gasteiger partial charge on any atom is 0.107 e. The van der Waals surface area contributed by atoms with E-state index in [0.717, 1.165) is 30.0 Å². The molecular formula is C12H15N3OS. The van der Waals surface area contributed by atoms with Crippen molar-refractivity contribution >= 4 is 11.2 Å². The van der Waals surface area contributed by atoms with Gasteiger partial charge in [-0.3, -0.25) is 4.98 Å². The molecule has 1 unspecified atom stereocenters. The van der Waals surface area contributed by atoms with Gasteiger partial charge in [0.2, 0.25) is 0 Å². The standard InChI is InChI=1S/C12H15N3OS/c1-17(16)8-2-7-15-9-12(14-10-15)11-3-5-13-6-4-11/h3-6,9-10H,2,7-8H2,1H3. The van der Waals surface area contributed by atoms with E-state index in [-0.39, 0.29) is 0 Å². The van der Waals surface area contributed by atoms with Crippen molar-refractivity contribution in [2.24, 2.45) is 0 Å². The molecule has 17 heavy (non-hydrogen) atoms. The van der Waals surface area contributed by atoms with Crippen LogP contribution in [0.15, 0.2) is 37.1 Å². The third-order valence-corrected chi connectivity index (χ3v) is 3.32. The summed E-state index contributed by atoms with van der Waals surface area (Å²) in [5, 5.41) is 0. The Morgan fingerprint density at radius 1 is 1.35 bits per heavy atom. The molecule has 0 saturated heterocycles. The van der Waals surface area contributed by atoms with E-state index in [1.54, 1.807) is 18.6 Å². The van der Waals surface area contributed by atoms with E-state index in [1.165, 1.54) is 0 Å². The Hall–Kier alpha value is -1.33. The summed E-state index contributed by atoms with van der Waals surface area (Å²) in [6.45, 7) is 0.859. The summed E-state index contributed by atoms with van der Waals surface area (Å²) in [5.74, 6) is 0.739. The van der Waals surface area contributed by atoms with Gasteiger partial charge in [-0.25, -0.2) is 4.98 Å². The molecule has 0 fully saturated rings. The van der Waals surface area contributed by atoms with Crippen LogP contribution < -0.4 is 0 Å². The summed E-state index contributed by atoms with van der Waals surface area (Å²) in [5.41, 5.74) is 2.02. The number of pyridine rings is 1. The summed E-state index contributed by atoms with van der Waals surface area (Å²) >= 11 is -0.710. The van der Waals surface area contributed by atoms with Crippen LogP contribution in [0.2, 0.25) is 0 Å².